The summed E-state index contributed by atoms with van der Waals surface area (Å²) in [5, 5.41) is 3.50. The summed E-state index contributed by atoms with van der Waals surface area (Å²) in [5.41, 5.74) is 0. The zero-order valence-corrected chi connectivity index (χ0v) is 13.1. The smallest absolute Gasteiger partial charge is 0.0590 e. The molecular formula is C16H34N2O. The molecule has 19 heavy (non-hydrogen) atoms. The van der Waals surface area contributed by atoms with Gasteiger partial charge in [0.2, 0.25) is 0 Å². The molecule has 0 aliphatic heterocycles. The van der Waals surface area contributed by atoms with E-state index in [4.69, 9.17) is 4.74 Å². The van der Waals surface area contributed by atoms with Crippen molar-refractivity contribution >= 4 is 0 Å². The van der Waals surface area contributed by atoms with E-state index >= 15 is 0 Å². The normalized spacial score (nSPS) is 17.2. The lowest BCUT2D eigenvalue weighted by Crippen LogP contribution is -2.41. The van der Waals surface area contributed by atoms with Crippen molar-refractivity contribution in [3.05, 3.63) is 0 Å². The summed E-state index contributed by atoms with van der Waals surface area (Å²) < 4.78 is 5.55. The van der Waals surface area contributed by atoms with Crippen molar-refractivity contribution in [3.8, 4) is 0 Å². The fraction of sp³-hybridized carbons (Fsp3) is 1.00. The fourth-order valence-electron chi connectivity index (χ4n) is 2.89. The number of hydrogen-bond donors (Lipinski definition) is 1. The number of rotatable bonds is 11. The van der Waals surface area contributed by atoms with E-state index in [0.717, 1.165) is 32.3 Å². The molecule has 0 amide bonds. The van der Waals surface area contributed by atoms with Gasteiger partial charge in [0, 0.05) is 32.3 Å². The van der Waals surface area contributed by atoms with Gasteiger partial charge in [-0.1, -0.05) is 39.5 Å². The van der Waals surface area contributed by atoms with Gasteiger partial charge in [0.15, 0.2) is 0 Å². The maximum atomic E-state index is 5.55. The van der Waals surface area contributed by atoms with Gasteiger partial charge in [0.05, 0.1) is 6.61 Å². The van der Waals surface area contributed by atoms with Crippen molar-refractivity contribution in [3.63, 3.8) is 0 Å². The molecule has 0 bridgehead atoms. The first kappa shape index (κ1) is 16.9. The van der Waals surface area contributed by atoms with E-state index in [2.05, 4.69) is 24.1 Å². The molecule has 0 atom stereocenters. The third-order valence-corrected chi connectivity index (χ3v) is 4.14. The van der Waals surface area contributed by atoms with Gasteiger partial charge in [0.1, 0.15) is 0 Å². The molecule has 114 valence electrons. The topological polar surface area (TPSA) is 24.5 Å². The highest BCUT2D eigenvalue weighted by atomic mass is 16.5. The number of ether oxygens (including phenoxy) is 1. The Bertz CT molecular complexity index is 193. The van der Waals surface area contributed by atoms with Crippen LogP contribution in [0, 0.1) is 0 Å². The van der Waals surface area contributed by atoms with Gasteiger partial charge in [-0.05, 0) is 25.8 Å². The largest absolute Gasteiger partial charge is 0.380 e. The first-order chi connectivity index (χ1) is 9.38. The second-order valence-corrected chi connectivity index (χ2v) is 5.64. The SMILES string of the molecule is CCCCOCCNCCN(CC)C1CCCCC1. The predicted octanol–water partition coefficient (Wildman–Crippen LogP) is 3.05. The Morgan fingerprint density at radius 2 is 1.84 bits per heavy atom. The number of unbranched alkanes of at least 4 members (excludes halogenated alkanes) is 1. The van der Waals surface area contributed by atoms with E-state index in [-0.39, 0.29) is 0 Å². The van der Waals surface area contributed by atoms with Crippen LogP contribution in [0.2, 0.25) is 0 Å². The summed E-state index contributed by atoms with van der Waals surface area (Å²) in [6, 6.07) is 0.848. The van der Waals surface area contributed by atoms with E-state index < -0.39 is 0 Å². The lowest BCUT2D eigenvalue weighted by Gasteiger charge is -2.33. The molecule has 1 saturated carbocycles. The van der Waals surface area contributed by atoms with Crippen LogP contribution in [0.15, 0.2) is 0 Å². The van der Waals surface area contributed by atoms with E-state index in [1.807, 2.05) is 0 Å². The summed E-state index contributed by atoms with van der Waals surface area (Å²) >= 11 is 0. The molecule has 1 rings (SSSR count). The van der Waals surface area contributed by atoms with E-state index in [0.29, 0.717) is 0 Å². The Morgan fingerprint density at radius 3 is 2.53 bits per heavy atom. The van der Waals surface area contributed by atoms with Crippen molar-refractivity contribution in [2.45, 2.75) is 64.8 Å². The van der Waals surface area contributed by atoms with E-state index in [1.165, 1.54) is 58.0 Å². The molecule has 3 heteroatoms. The quantitative estimate of drug-likeness (QED) is 0.584. The summed E-state index contributed by atoms with van der Waals surface area (Å²) in [7, 11) is 0. The summed E-state index contributed by atoms with van der Waals surface area (Å²) in [6.45, 7) is 10.7. The van der Waals surface area contributed by atoms with Crippen molar-refractivity contribution in [1.29, 1.82) is 0 Å². The molecule has 0 unspecified atom stereocenters. The summed E-state index contributed by atoms with van der Waals surface area (Å²) in [5.74, 6) is 0. The maximum absolute atomic E-state index is 5.55. The number of hydrogen-bond acceptors (Lipinski definition) is 3. The van der Waals surface area contributed by atoms with Gasteiger partial charge in [-0.15, -0.1) is 0 Å². The van der Waals surface area contributed by atoms with Gasteiger partial charge < -0.3 is 10.1 Å². The lowest BCUT2D eigenvalue weighted by atomic mass is 9.94. The first-order valence-electron chi connectivity index (χ1n) is 8.41. The Hall–Kier alpha value is -0.120. The fourth-order valence-corrected chi connectivity index (χ4v) is 2.89. The van der Waals surface area contributed by atoms with Crippen LogP contribution >= 0.6 is 0 Å². The van der Waals surface area contributed by atoms with Crippen molar-refractivity contribution < 1.29 is 4.74 Å². The van der Waals surface area contributed by atoms with Crippen LogP contribution in [0.25, 0.3) is 0 Å². The first-order valence-corrected chi connectivity index (χ1v) is 8.41. The van der Waals surface area contributed by atoms with Crippen LogP contribution in [0.1, 0.15) is 58.8 Å². The van der Waals surface area contributed by atoms with Crippen LogP contribution in [-0.2, 0) is 4.74 Å². The monoisotopic (exact) mass is 270 g/mol. The molecule has 0 spiro atoms. The zero-order chi connectivity index (χ0) is 13.8. The predicted molar refractivity (Wildman–Crippen MR) is 82.7 cm³/mol. The van der Waals surface area contributed by atoms with E-state index in [9.17, 15) is 0 Å². The molecule has 1 N–H and O–H groups in total. The number of likely N-dealkylation sites (N-methyl/N-ethyl adjacent to an activating group) is 1. The van der Waals surface area contributed by atoms with Crippen molar-refractivity contribution in [1.82, 2.24) is 10.2 Å². The highest BCUT2D eigenvalue weighted by Crippen LogP contribution is 2.21. The van der Waals surface area contributed by atoms with Crippen LogP contribution in [0.4, 0.5) is 0 Å². The average molecular weight is 270 g/mol. The second kappa shape index (κ2) is 11.7. The number of nitrogens with zero attached hydrogens (tertiary/aromatic N) is 1. The lowest BCUT2D eigenvalue weighted by molar-refractivity contribution is 0.129. The minimum Gasteiger partial charge on any atom is -0.380 e. The molecule has 0 aromatic heterocycles. The van der Waals surface area contributed by atoms with Gasteiger partial charge >= 0.3 is 0 Å². The molecule has 1 fully saturated rings. The molecular weight excluding hydrogens is 236 g/mol. The van der Waals surface area contributed by atoms with Crippen LogP contribution in [-0.4, -0.2) is 50.3 Å². The maximum Gasteiger partial charge on any atom is 0.0590 e. The molecule has 0 saturated heterocycles. The summed E-state index contributed by atoms with van der Waals surface area (Å²) in [6.07, 6.45) is 9.54. The Labute approximate surface area is 120 Å². The van der Waals surface area contributed by atoms with Crippen LogP contribution in [0.3, 0.4) is 0 Å². The van der Waals surface area contributed by atoms with Gasteiger partial charge in [-0.2, -0.15) is 0 Å². The highest BCUT2D eigenvalue weighted by molar-refractivity contribution is 4.75. The number of nitrogens with one attached hydrogen (secondary N) is 1. The third kappa shape index (κ3) is 7.91. The minimum atomic E-state index is 0.848. The Kier molecular flexibility index (Phi) is 10.4. The van der Waals surface area contributed by atoms with E-state index in [1.54, 1.807) is 0 Å². The molecule has 0 aromatic carbocycles. The molecule has 3 nitrogen and oxygen atoms in total. The Balaban J connectivity index is 1.96. The van der Waals surface area contributed by atoms with Crippen molar-refractivity contribution in [2.24, 2.45) is 0 Å². The minimum absolute atomic E-state index is 0.848. The summed E-state index contributed by atoms with van der Waals surface area (Å²) in [4.78, 5) is 2.66. The molecule has 1 aliphatic carbocycles. The van der Waals surface area contributed by atoms with Gasteiger partial charge in [0.25, 0.3) is 0 Å². The molecule has 0 aromatic rings. The van der Waals surface area contributed by atoms with Crippen molar-refractivity contribution in [2.75, 3.05) is 39.4 Å². The Morgan fingerprint density at radius 1 is 1.05 bits per heavy atom. The molecule has 0 heterocycles. The highest BCUT2D eigenvalue weighted by Gasteiger charge is 2.18. The standard InChI is InChI=1S/C16H34N2O/c1-3-5-14-19-15-12-17-11-13-18(4-2)16-9-7-6-8-10-16/h16-17H,3-15H2,1-2H3. The van der Waals surface area contributed by atoms with Crippen LogP contribution in [0.5, 0.6) is 0 Å². The molecule has 1 aliphatic rings. The van der Waals surface area contributed by atoms with Crippen LogP contribution < -0.4 is 5.32 Å². The third-order valence-electron chi connectivity index (χ3n) is 4.14. The zero-order valence-electron chi connectivity index (χ0n) is 13.1. The second-order valence-electron chi connectivity index (χ2n) is 5.64. The molecule has 0 radical (unpaired) electrons. The average Bonchev–Trinajstić information content (AvgIpc) is 2.47. The van der Waals surface area contributed by atoms with Gasteiger partial charge in [-0.3, -0.25) is 4.90 Å². The van der Waals surface area contributed by atoms with Gasteiger partial charge in [-0.25, -0.2) is 0 Å².